The maximum absolute atomic E-state index is 11.6. The molecule has 24 heavy (non-hydrogen) atoms. The molecule has 0 radical (unpaired) electrons. The fourth-order valence-electron chi connectivity index (χ4n) is 3.63. The molecule has 0 heterocycles. The lowest BCUT2D eigenvalue weighted by molar-refractivity contribution is -0.313. The van der Waals surface area contributed by atoms with E-state index in [4.69, 9.17) is 11.5 Å². The van der Waals surface area contributed by atoms with E-state index in [1.807, 2.05) is 13.8 Å². The number of carboxylic acids is 1. The number of hydrogen-bond acceptors (Lipinski definition) is 5. The molecule has 1 fully saturated rings. The van der Waals surface area contributed by atoms with Crippen molar-refractivity contribution in [2.45, 2.75) is 58.2 Å². The molecule has 1 rings (SSSR count). The zero-order valence-corrected chi connectivity index (χ0v) is 14.9. The van der Waals surface area contributed by atoms with Gasteiger partial charge < -0.3 is 37.9 Å². The van der Waals surface area contributed by atoms with Gasteiger partial charge in [-0.05, 0) is 12.3 Å². The van der Waals surface area contributed by atoms with Gasteiger partial charge in [-0.15, -0.1) is 0 Å². The third-order valence-electron chi connectivity index (χ3n) is 4.71. The quantitative estimate of drug-likeness (QED) is 0.281. The molecule has 9 nitrogen and oxygen atoms in total. The minimum Gasteiger partial charge on any atom is -0.550 e. The number of carboxylic acid groups (broad SMARTS) is 1. The van der Waals surface area contributed by atoms with Gasteiger partial charge in [-0.1, -0.05) is 26.7 Å². The van der Waals surface area contributed by atoms with E-state index >= 15 is 0 Å². The molecular formula is C15H31N5O4. The minimum absolute atomic E-state index is 0. The zero-order valence-electron chi connectivity index (χ0n) is 14.9. The Morgan fingerprint density at radius 3 is 2.25 bits per heavy atom. The van der Waals surface area contributed by atoms with Gasteiger partial charge in [0, 0.05) is 30.8 Å². The normalized spacial score (nSPS) is 27.2. The summed E-state index contributed by atoms with van der Waals surface area (Å²) >= 11 is 0. The first kappa shape index (κ1) is 22.1. The number of nitrogens with two attached hydrogens (primary N) is 2. The Labute approximate surface area is 142 Å². The van der Waals surface area contributed by atoms with Crippen LogP contribution in [0, 0.1) is 17.8 Å². The molecule has 1 saturated carbocycles. The second-order valence-electron chi connectivity index (χ2n) is 6.15. The molecule has 1 amide bonds. The van der Waals surface area contributed by atoms with Gasteiger partial charge in [-0.25, -0.2) is 4.99 Å². The number of amides is 1. The number of nitrogens with zero attached hydrogens (tertiary/aromatic N) is 1. The van der Waals surface area contributed by atoms with Gasteiger partial charge in [0.2, 0.25) is 5.91 Å². The van der Waals surface area contributed by atoms with Gasteiger partial charge in [-0.2, -0.15) is 0 Å². The lowest BCUT2D eigenvalue weighted by Gasteiger charge is -2.35. The summed E-state index contributed by atoms with van der Waals surface area (Å²) in [6.07, 6.45) is 0.456. The van der Waals surface area contributed by atoms with Crippen LogP contribution in [0.1, 0.15) is 40.0 Å². The molecule has 0 unspecified atom stereocenters. The van der Waals surface area contributed by atoms with Crippen LogP contribution in [0.2, 0.25) is 0 Å². The first-order chi connectivity index (χ1) is 10.7. The van der Waals surface area contributed by atoms with Gasteiger partial charge in [0.25, 0.3) is 0 Å². The van der Waals surface area contributed by atoms with E-state index < -0.39 is 36.0 Å². The molecule has 140 valence electrons. The molecule has 9 heteroatoms. The first-order valence-corrected chi connectivity index (χ1v) is 7.97. The van der Waals surface area contributed by atoms with Crippen molar-refractivity contribution in [2.24, 2.45) is 34.2 Å². The number of aliphatic hydroxyl groups excluding tert-OH is 1. The summed E-state index contributed by atoms with van der Waals surface area (Å²) in [5, 5.41) is 24.6. The molecule has 0 aromatic carbocycles. The van der Waals surface area contributed by atoms with Gasteiger partial charge >= 0.3 is 0 Å². The van der Waals surface area contributed by atoms with Crippen LogP contribution in [0.5, 0.6) is 0 Å². The molecule has 0 bridgehead atoms. The Balaban J connectivity index is 0.00000529. The summed E-state index contributed by atoms with van der Waals surface area (Å²) < 4.78 is 0. The standard InChI is InChI=1S/C15H28N4O4.H3N/c1-4-8(5-2)12(18-7(3)20)11-10(19-15(16)17)6-9(13(11)21)14(22)23;/h8-13,21H,4-6H2,1-3H3,(H,18,20)(H,22,23)(H4,16,17,19);1H3/t9-,10+,11+,12-,13+;/m0./s1. The number of guanidine groups is 1. The summed E-state index contributed by atoms with van der Waals surface area (Å²) in [6.45, 7) is 5.36. The largest absolute Gasteiger partial charge is 0.550 e. The second kappa shape index (κ2) is 9.43. The second-order valence-corrected chi connectivity index (χ2v) is 6.15. The van der Waals surface area contributed by atoms with Crippen LogP contribution in [-0.2, 0) is 9.59 Å². The summed E-state index contributed by atoms with van der Waals surface area (Å²) in [4.78, 5) is 27.0. The van der Waals surface area contributed by atoms with Crippen LogP contribution in [-0.4, -0.2) is 41.1 Å². The number of quaternary nitrogens is 1. The number of nitrogens with one attached hydrogen (secondary N) is 1. The number of carbonyl (C=O) groups is 2. The van der Waals surface area contributed by atoms with Crippen molar-refractivity contribution < 1.29 is 19.8 Å². The average Bonchev–Trinajstić information content (AvgIpc) is 2.74. The molecule has 0 aliphatic heterocycles. The van der Waals surface area contributed by atoms with Gasteiger partial charge in [0.15, 0.2) is 5.96 Å². The third-order valence-corrected chi connectivity index (χ3v) is 4.71. The maximum Gasteiger partial charge on any atom is 0.217 e. The Bertz CT molecular complexity index is 463. The van der Waals surface area contributed by atoms with Crippen LogP contribution in [0.15, 0.2) is 4.99 Å². The summed E-state index contributed by atoms with van der Waals surface area (Å²) in [5.41, 5.74) is 10.9. The van der Waals surface area contributed by atoms with E-state index in [9.17, 15) is 19.8 Å². The number of aliphatic imine (C=N–C) groups is 1. The van der Waals surface area contributed by atoms with Crippen LogP contribution in [0.3, 0.4) is 0 Å². The molecule has 0 aromatic rings. The van der Waals surface area contributed by atoms with Crippen molar-refractivity contribution in [2.75, 3.05) is 0 Å². The average molecular weight is 345 g/mol. The van der Waals surface area contributed by atoms with E-state index in [1.165, 1.54) is 6.92 Å². The SMILES string of the molecule is CCC(CC)[C@H](NC(C)=O)[C@@H]1[C@H](O)[C@@H](C(=O)[O-])C[C@H]1N=C(N)N.[NH4+]. The van der Waals surface area contributed by atoms with Crippen LogP contribution in [0.25, 0.3) is 0 Å². The minimum atomic E-state index is -1.33. The van der Waals surface area contributed by atoms with E-state index in [0.717, 1.165) is 12.8 Å². The van der Waals surface area contributed by atoms with Crippen molar-refractivity contribution in [3.05, 3.63) is 0 Å². The fraction of sp³-hybridized carbons (Fsp3) is 0.800. The van der Waals surface area contributed by atoms with Crippen LogP contribution in [0.4, 0.5) is 0 Å². The summed E-state index contributed by atoms with van der Waals surface area (Å²) in [6, 6.07) is -0.981. The lowest BCUT2D eigenvalue weighted by atomic mass is 9.80. The van der Waals surface area contributed by atoms with E-state index in [1.54, 1.807) is 0 Å². The predicted octanol–water partition coefficient (Wildman–Crippen LogP) is -1.31. The van der Waals surface area contributed by atoms with Crippen molar-refractivity contribution in [1.82, 2.24) is 11.5 Å². The van der Waals surface area contributed by atoms with Crippen LogP contribution < -0.4 is 28.0 Å². The number of aliphatic hydroxyl groups is 1. The number of aliphatic carboxylic acids is 1. The number of carbonyl (C=O) groups excluding carboxylic acids is 2. The van der Waals surface area contributed by atoms with Crippen molar-refractivity contribution in [3.63, 3.8) is 0 Å². The summed E-state index contributed by atoms with van der Waals surface area (Å²) in [5.74, 6) is -3.29. The topological polar surface area (TPSA) is 190 Å². The fourth-order valence-corrected chi connectivity index (χ4v) is 3.63. The molecule has 1 aliphatic carbocycles. The van der Waals surface area contributed by atoms with Gasteiger partial charge in [0.05, 0.1) is 12.1 Å². The Morgan fingerprint density at radius 2 is 1.88 bits per heavy atom. The van der Waals surface area contributed by atoms with Crippen molar-refractivity contribution in [3.8, 4) is 0 Å². The van der Waals surface area contributed by atoms with Crippen molar-refractivity contribution >= 4 is 17.8 Å². The monoisotopic (exact) mass is 345 g/mol. The lowest BCUT2D eigenvalue weighted by Crippen LogP contribution is -2.51. The molecular weight excluding hydrogens is 314 g/mol. The smallest absolute Gasteiger partial charge is 0.217 e. The molecule has 0 aromatic heterocycles. The van der Waals surface area contributed by atoms with E-state index in [-0.39, 0.29) is 30.4 Å². The highest BCUT2D eigenvalue weighted by Gasteiger charge is 2.48. The van der Waals surface area contributed by atoms with E-state index in [2.05, 4.69) is 10.3 Å². The van der Waals surface area contributed by atoms with Crippen LogP contribution >= 0.6 is 0 Å². The van der Waals surface area contributed by atoms with E-state index in [0.29, 0.717) is 0 Å². The Kier molecular flexibility index (Phi) is 8.70. The predicted molar refractivity (Wildman–Crippen MR) is 89.9 cm³/mol. The Hall–Kier alpha value is -1.87. The van der Waals surface area contributed by atoms with Gasteiger partial charge in [-0.3, -0.25) is 4.79 Å². The van der Waals surface area contributed by atoms with Crippen molar-refractivity contribution in [1.29, 1.82) is 0 Å². The Morgan fingerprint density at radius 1 is 1.33 bits per heavy atom. The first-order valence-electron chi connectivity index (χ1n) is 7.97. The maximum atomic E-state index is 11.6. The number of rotatable bonds is 7. The third kappa shape index (κ3) is 5.07. The zero-order chi connectivity index (χ0) is 17.7. The molecule has 0 saturated heterocycles. The van der Waals surface area contributed by atoms with Gasteiger partial charge in [0.1, 0.15) is 0 Å². The highest BCUT2D eigenvalue weighted by molar-refractivity contribution is 5.76. The molecule has 5 atom stereocenters. The molecule has 0 spiro atoms. The highest BCUT2D eigenvalue weighted by atomic mass is 16.4. The summed E-state index contributed by atoms with van der Waals surface area (Å²) in [7, 11) is 0. The molecule has 10 N–H and O–H groups in total. The highest BCUT2D eigenvalue weighted by Crippen LogP contribution is 2.39. The molecule has 1 aliphatic rings. The number of hydrogen-bond donors (Lipinski definition) is 5.